The van der Waals surface area contributed by atoms with Crippen LogP contribution in [-0.4, -0.2) is 20.9 Å². The van der Waals surface area contributed by atoms with Crippen LogP contribution in [0.1, 0.15) is 10.6 Å². The first-order valence-electron chi connectivity index (χ1n) is 7.79. The molecule has 122 valence electrons. The lowest BCUT2D eigenvalue weighted by Gasteiger charge is -2.11. The SMILES string of the molecule is CN(C)c1ccc(C=Cc2sc3cc4c(cc3[n+]2C)OCO4)cc1. The second-order valence-electron chi connectivity index (χ2n) is 5.99. The normalized spacial score (nSPS) is 13.1. The summed E-state index contributed by atoms with van der Waals surface area (Å²) >= 11 is 1.75. The predicted molar refractivity (Wildman–Crippen MR) is 98.8 cm³/mol. The van der Waals surface area contributed by atoms with Gasteiger partial charge in [-0.1, -0.05) is 23.5 Å². The Labute approximate surface area is 145 Å². The largest absolute Gasteiger partial charge is 0.454 e. The highest BCUT2D eigenvalue weighted by Crippen LogP contribution is 2.37. The van der Waals surface area contributed by atoms with Crippen molar-refractivity contribution in [2.45, 2.75) is 0 Å². The summed E-state index contributed by atoms with van der Waals surface area (Å²) in [5.41, 5.74) is 3.55. The van der Waals surface area contributed by atoms with Crippen LogP contribution in [0.25, 0.3) is 22.4 Å². The van der Waals surface area contributed by atoms with Gasteiger partial charge in [0.25, 0.3) is 5.01 Å². The topological polar surface area (TPSA) is 25.6 Å². The molecule has 4 nitrogen and oxygen atoms in total. The summed E-state index contributed by atoms with van der Waals surface area (Å²) in [5.74, 6) is 1.66. The highest BCUT2D eigenvalue weighted by Gasteiger charge is 2.22. The van der Waals surface area contributed by atoms with Crippen molar-refractivity contribution >= 4 is 39.4 Å². The first kappa shape index (κ1) is 15.0. The zero-order valence-corrected chi connectivity index (χ0v) is 14.8. The predicted octanol–water partition coefficient (Wildman–Crippen LogP) is 3.69. The number of nitrogens with zero attached hydrogens (tertiary/aromatic N) is 2. The summed E-state index contributed by atoms with van der Waals surface area (Å²) in [6.45, 7) is 0.312. The number of benzene rings is 2. The molecule has 3 aromatic rings. The lowest BCUT2D eigenvalue weighted by Crippen LogP contribution is -2.28. The van der Waals surface area contributed by atoms with Crippen molar-refractivity contribution in [1.29, 1.82) is 0 Å². The molecule has 1 aliphatic rings. The standard InChI is InChI=1S/C19H19N2O2S/c1-20(2)14-7-4-13(5-8-14)6-9-19-21(3)15-10-16-17(23-12-22-16)11-18(15)24-19/h4-11H,12H2,1-3H3/q+1. The molecule has 0 N–H and O–H groups in total. The van der Waals surface area contributed by atoms with E-state index in [0.29, 0.717) is 6.79 Å². The van der Waals surface area contributed by atoms with Crippen LogP contribution in [0.2, 0.25) is 0 Å². The minimum Gasteiger partial charge on any atom is -0.454 e. The Morgan fingerprint density at radius 2 is 1.75 bits per heavy atom. The average molecular weight is 339 g/mol. The molecule has 0 aliphatic carbocycles. The minimum absolute atomic E-state index is 0.312. The van der Waals surface area contributed by atoms with Gasteiger partial charge in [0, 0.05) is 31.9 Å². The smallest absolute Gasteiger partial charge is 0.262 e. The Bertz CT molecular complexity index is 927. The van der Waals surface area contributed by atoms with Gasteiger partial charge in [-0.05, 0) is 23.8 Å². The third kappa shape index (κ3) is 2.61. The summed E-state index contributed by atoms with van der Waals surface area (Å²) in [6.07, 6.45) is 4.30. The van der Waals surface area contributed by atoms with Crippen LogP contribution in [0.15, 0.2) is 36.4 Å². The van der Waals surface area contributed by atoms with E-state index in [1.165, 1.54) is 21.0 Å². The Balaban J connectivity index is 1.65. The molecule has 1 aromatic heterocycles. The highest BCUT2D eigenvalue weighted by molar-refractivity contribution is 7.18. The molecular weight excluding hydrogens is 320 g/mol. The molecule has 0 radical (unpaired) electrons. The van der Waals surface area contributed by atoms with E-state index in [0.717, 1.165) is 17.0 Å². The average Bonchev–Trinajstić information content (AvgIpc) is 3.16. The Kier molecular flexibility index (Phi) is 3.65. The van der Waals surface area contributed by atoms with Crippen LogP contribution in [0.3, 0.4) is 0 Å². The molecule has 4 rings (SSSR count). The van der Waals surface area contributed by atoms with Gasteiger partial charge in [-0.25, -0.2) is 0 Å². The number of aryl methyl sites for hydroxylation is 1. The second kappa shape index (κ2) is 5.83. The highest BCUT2D eigenvalue weighted by atomic mass is 32.1. The summed E-state index contributed by atoms with van der Waals surface area (Å²) in [4.78, 5) is 2.10. The van der Waals surface area contributed by atoms with Crippen molar-refractivity contribution in [3.63, 3.8) is 0 Å². The van der Waals surface area contributed by atoms with Crippen molar-refractivity contribution in [2.75, 3.05) is 25.8 Å². The number of ether oxygens (including phenoxy) is 2. The van der Waals surface area contributed by atoms with E-state index in [-0.39, 0.29) is 0 Å². The number of anilines is 1. The van der Waals surface area contributed by atoms with E-state index in [9.17, 15) is 0 Å². The third-order valence-electron chi connectivity index (χ3n) is 4.19. The van der Waals surface area contributed by atoms with Crippen molar-refractivity contribution in [2.24, 2.45) is 7.05 Å². The molecule has 0 saturated heterocycles. The van der Waals surface area contributed by atoms with Gasteiger partial charge in [-0.2, -0.15) is 4.57 Å². The molecule has 2 aromatic carbocycles. The lowest BCUT2D eigenvalue weighted by molar-refractivity contribution is -0.642. The molecule has 1 aliphatic heterocycles. The molecule has 0 bridgehead atoms. The van der Waals surface area contributed by atoms with Crippen LogP contribution >= 0.6 is 11.3 Å². The zero-order valence-electron chi connectivity index (χ0n) is 13.9. The fourth-order valence-corrected chi connectivity index (χ4v) is 3.82. The molecule has 0 amide bonds. The van der Waals surface area contributed by atoms with Crippen LogP contribution in [0.4, 0.5) is 5.69 Å². The molecule has 0 spiro atoms. The summed E-state index contributed by atoms with van der Waals surface area (Å²) in [7, 11) is 6.18. The van der Waals surface area contributed by atoms with Crippen molar-refractivity contribution in [3.05, 3.63) is 47.0 Å². The van der Waals surface area contributed by atoms with E-state index in [1.807, 2.05) is 14.1 Å². The van der Waals surface area contributed by atoms with Crippen molar-refractivity contribution in [3.8, 4) is 11.5 Å². The van der Waals surface area contributed by atoms with E-state index >= 15 is 0 Å². The number of hydrogen-bond donors (Lipinski definition) is 0. The Morgan fingerprint density at radius 1 is 1.04 bits per heavy atom. The van der Waals surface area contributed by atoms with Crippen LogP contribution in [0.5, 0.6) is 11.5 Å². The molecule has 24 heavy (non-hydrogen) atoms. The van der Waals surface area contributed by atoms with Gasteiger partial charge in [-0.15, -0.1) is 0 Å². The van der Waals surface area contributed by atoms with Crippen molar-refractivity contribution < 1.29 is 14.0 Å². The quantitative estimate of drug-likeness (QED) is 0.681. The maximum atomic E-state index is 5.48. The summed E-state index contributed by atoms with van der Waals surface area (Å²) in [6, 6.07) is 12.6. The van der Waals surface area contributed by atoms with Crippen LogP contribution in [0, 0.1) is 0 Å². The molecule has 0 unspecified atom stereocenters. The van der Waals surface area contributed by atoms with Crippen LogP contribution < -0.4 is 18.9 Å². The molecule has 0 fully saturated rings. The van der Waals surface area contributed by atoms with Gasteiger partial charge >= 0.3 is 0 Å². The number of rotatable bonds is 3. The molecule has 0 saturated carbocycles. The number of thiazole rings is 1. The first-order chi connectivity index (χ1) is 11.6. The first-order valence-corrected chi connectivity index (χ1v) is 8.61. The summed E-state index contributed by atoms with van der Waals surface area (Å²) in [5, 5.41) is 1.19. The van der Waals surface area contributed by atoms with Gasteiger partial charge in [0.2, 0.25) is 12.3 Å². The van der Waals surface area contributed by atoms with Crippen LogP contribution in [-0.2, 0) is 7.05 Å². The third-order valence-corrected chi connectivity index (χ3v) is 5.35. The van der Waals surface area contributed by atoms with Gasteiger partial charge in [-0.3, -0.25) is 0 Å². The zero-order chi connectivity index (χ0) is 16.7. The maximum Gasteiger partial charge on any atom is 0.262 e. The van der Waals surface area contributed by atoms with E-state index < -0.39 is 0 Å². The van der Waals surface area contributed by atoms with Gasteiger partial charge in [0.15, 0.2) is 11.5 Å². The van der Waals surface area contributed by atoms with E-state index in [4.69, 9.17) is 9.47 Å². The fraction of sp³-hybridized carbons (Fsp3) is 0.211. The monoisotopic (exact) mass is 339 g/mol. The number of hydrogen-bond acceptors (Lipinski definition) is 4. The molecule has 5 heteroatoms. The van der Waals surface area contributed by atoms with Gasteiger partial charge in [0.1, 0.15) is 11.7 Å². The Morgan fingerprint density at radius 3 is 2.46 bits per heavy atom. The van der Waals surface area contributed by atoms with Crippen molar-refractivity contribution in [1.82, 2.24) is 0 Å². The lowest BCUT2D eigenvalue weighted by atomic mass is 10.2. The maximum absolute atomic E-state index is 5.48. The minimum atomic E-state index is 0.312. The van der Waals surface area contributed by atoms with E-state index in [2.05, 4.69) is 65.1 Å². The number of aromatic nitrogens is 1. The molecule has 2 heterocycles. The summed E-state index contributed by atoms with van der Waals surface area (Å²) < 4.78 is 14.3. The fourth-order valence-electron chi connectivity index (χ4n) is 2.75. The van der Waals surface area contributed by atoms with E-state index in [1.54, 1.807) is 11.3 Å². The Hall–Kier alpha value is -2.53. The van der Waals surface area contributed by atoms with Gasteiger partial charge in [0.05, 0.1) is 6.07 Å². The van der Waals surface area contributed by atoms with Gasteiger partial charge < -0.3 is 14.4 Å². The molecular formula is C19H19N2O2S+. The second-order valence-corrected chi connectivity index (χ2v) is 7.05. The number of fused-ring (bicyclic) bond motifs is 2. The molecule has 0 atom stereocenters.